The lowest BCUT2D eigenvalue weighted by atomic mass is 9.92. The van der Waals surface area contributed by atoms with Crippen LogP contribution >= 0.6 is 0 Å². The monoisotopic (exact) mass is 236 g/mol. The van der Waals surface area contributed by atoms with E-state index in [2.05, 4.69) is 11.8 Å². The largest absolute Gasteiger partial charge is 0.466 e. The van der Waals surface area contributed by atoms with Gasteiger partial charge in [-0.3, -0.25) is 4.79 Å². The molecule has 2 atom stereocenters. The maximum Gasteiger partial charge on any atom is 0.384 e. The van der Waals surface area contributed by atoms with Gasteiger partial charge in [-0.05, 0) is 26.3 Å². The van der Waals surface area contributed by atoms with Crippen molar-refractivity contribution in [1.29, 1.82) is 0 Å². The number of rotatable bonds is 3. The summed E-state index contributed by atoms with van der Waals surface area (Å²) >= 11 is 0. The number of esters is 2. The first-order valence-electron chi connectivity index (χ1n) is 5.64. The predicted octanol–water partition coefficient (Wildman–Crippen LogP) is 1.45. The maximum absolute atomic E-state index is 11.5. The Bertz CT molecular complexity index is 373. The number of carbonyl (C=O) groups is 2. The highest BCUT2D eigenvalue weighted by Gasteiger charge is 2.26. The average molecular weight is 236 g/mol. The Morgan fingerprint density at radius 2 is 2.24 bits per heavy atom. The summed E-state index contributed by atoms with van der Waals surface area (Å²) in [5.74, 6) is 3.74. The van der Waals surface area contributed by atoms with Gasteiger partial charge in [-0.2, -0.15) is 0 Å². The molecule has 0 spiro atoms. The molecule has 4 heteroatoms. The minimum Gasteiger partial charge on any atom is -0.466 e. The number of ether oxygens (including phenoxy) is 2. The molecule has 4 nitrogen and oxygen atoms in total. The molecule has 0 aromatic carbocycles. The fourth-order valence-corrected chi connectivity index (χ4v) is 1.66. The number of hydrogen-bond donors (Lipinski definition) is 0. The van der Waals surface area contributed by atoms with Crippen molar-refractivity contribution < 1.29 is 19.1 Å². The second-order valence-corrected chi connectivity index (χ2v) is 3.67. The first kappa shape index (κ1) is 13.3. The van der Waals surface area contributed by atoms with Gasteiger partial charge in [0.05, 0.1) is 12.5 Å². The average Bonchev–Trinajstić information content (AvgIpc) is 2.30. The molecule has 0 unspecified atom stereocenters. The summed E-state index contributed by atoms with van der Waals surface area (Å²) in [5, 5.41) is 0. The minimum absolute atomic E-state index is 0.229. The van der Waals surface area contributed by atoms with Gasteiger partial charge in [-0.15, -0.1) is 0 Å². The standard InChI is InChI=1S/C13H16O4/c1-3-6-12(14)17-11-8-5-7-10(9-11)13(15)16-4-2/h5,8,10-11H,4,7,9H2,1-2H3/t10-,11+/m0/s1. The van der Waals surface area contributed by atoms with E-state index in [0.29, 0.717) is 19.4 Å². The van der Waals surface area contributed by atoms with Gasteiger partial charge in [0.25, 0.3) is 0 Å². The van der Waals surface area contributed by atoms with Crippen LogP contribution in [0.3, 0.4) is 0 Å². The number of hydrogen-bond acceptors (Lipinski definition) is 4. The van der Waals surface area contributed by atoms with Crippen LogP contribution in [0.15, 0.2) is 12.2 Å². The zero-order valence-corrected chi connectivity index (χ0v) is 10.1. The highest BCUT2D eigenvalue weighted by molar-refractivity contribution is 5.88. The predicted molar refractivity (Wildman–Crippen MR) is 61.8 cm³/mol. The van der Waals surface area contributed by atoms with Crippen LogP contribution in [0, 0.1) is 17.8 Å². The van der Waals surface area contributed by atoms with Crippen LogP contribution in [-0.2, 0) is 19.1 Å². The molecule has 0 aromatic heterocycles. The Hall–Kier alpha value is -1.76. The van der Waals surface area contributed by atoms with Gasteiger partial charge in [0.15, 0.2) is 0 Å². The molecule has 0 aliphatic heterocycles. The lowest BCUT2D eigenvalue weighted by Crippen LogP contribution is -2.27. The van der Waals surface area contributed by atoms with Crippen molar-refractivity contribution in [2.24, 2.45) is 5.92 Å². The van der Waals surface area contributed by atoms with Crippen molar-refractivity contribution in [3.8, 4) is 11.8 Å². The van der Waals surface area contributed by atoms with Crippen LogP contribution in [0.2, 0.25) is 0 Å². The summed E-state index contributed by atoms with van der Waals surface area (Å²) in [4.78, 5) is 22.7. The van der Waals surface area contributed by atoms with Gasteiger partial charge < -0.3 is 9.47 Å². The molecule has 1 aliphatic carbocycles. The van der Waals surface area contributed by atoms with Crippen molar-refractivity contribution in [3.05, 3.63) is 12.2 Å². The molecule has 0 N–H and O–H groups in total. The van der Waals surface area contributed by atoms with Crippen molar-refractivity contribution in [3.63, 3.8) is 0 Å². The first-order chi connectivity index (χ1) is 8.17. The summed E-state index contributed by atoms with van der Waals surface area (Å²) in [6.07, 6.45) is 4.33. The molecule has 0 heterocycles. The van der Waals surface area contributed by atoms with Crippen LogP contribution in [0.5, 0.6) is 0 Å². The normalized spacial score (nSPS) is 22.2. The van der Waals surface area contributed by atoms with Gasteiger partial charge in [-0.1, -0.05) is 12.0 Å². The Morgan fingerprint density at radius 1 is 1.47 bits per heavy atom. The van der Waals surface area contributed by atoms with E-state index in [9.17, 15) is 9.59 Å². The Labute approximate surface area is 101 Å². The summed E-state index contributed by atoms with van der Waals surface area (Å²) in [5.41, 5.74) is 0. The van der Waals surface area contributed by atoms with E-state index in [-0.39, 0.29) is 18.0 Å². The summed E-state index contributed by atoms with van der Waals surface area (Å²) in [7, 11) is 0. The van der Waals surface area contributed by atoms with E-state index in [0.717, 1.165) is 0 Å². The Morgan fingerprint density at radius 3 is 2.88 bits per heavy atom. The van der Waals surface area contributed by atoms with Gasteiger partial charge in [-0.25, -0.2) is 4.79 Å². The maximum atomic E-state index is 11.5. The Kier molecular flexibility index (Phi) is 5.28. The van der Waals surface area contributed by atoms with Gasteiger partial charge in [0.2, 0.25) is 0 Å². The third-order valence-corrected chi connectivity index (χ3v) is 2.39. The third kappa shape index (κ3) is 4.31. The topological polar surface area (TPSA) is 52.6 Å². The molecule has 0 bridgehead atoms. The van der Waals surface area contributed by atoms with E-state index in [1.54, 1.807) is 19.9 Å². The number of allylic oxidation sites excluding steroid dienone is 1. The molecule has 0 amide bonds. The first-order valence-corrected chi connectivity index (χ1v) is 5.64. The molecule has 0 saturated heterocycles. The fraction of sp³-hybridized carbons (Fsp3) is 0.538. The lowest BCUT2D eigenvalue weighted by Gasteiger charge is -2.22. The van der Waals surface area contributed by atoms with Gasteiger partial charge in [0.1, 0.15) is 6.10 Å². The SMILES string of the molecule is CC#CC(=O)O[C@@H]1C=CC[C@H](C(=O)OCC)C1. The van der Waals surface area contributed by atoms with Gasteiger partial charge >= 0.3 is 11.9 Å². The highest BCUT2D eigenvalue weighted by atomic mass is 16.5. The highest BCUT2D eigenvalue weighted by Crippen LogP contribution is 2.22. The zero-order chi connectivity index (χ0) is 12.7. The number of carbonyl (C=O) groups excluding carboxylic acids is 2. The van der Waals surface area contributed by atoms with Crippen molar-refractivity contribution in [2.75, 3.05) is 6.61 Å². The minimum atomic E-state index is -0.563. The van der Waals surface area contributed by atoms with Gasteiger partial charge in [0, 0.05) is 12.3 Å². The van der Waals surface area contributed by atoms with E-state index < -0.39 is 5.97 Å². The van der Waals surface area contributed by atoms with Crippen LogP contribution in [-0.4, -0.2) is 24.6 Å². The molecule has 1 aliphatic rings. The van der Waals surface area contributed by atoms with Crippen LogP contribution in [0.1, 0.15) is 26.7 Å². The van der Waals surface area contributed by atoms with Crippen LogP contribution < -0.4 is 0 Å². The van der Waals surface area contributed by atoms with Crippen molar-refractivity contribution in [2.45, 2.75) is 32.8 Å². The second-order valence-electron chi connectivity index (χ2n) is 3.67. The quantitative estimate of drug-likeness (QED) is 0.322. The Balaban J connectivity index is 2.51. The molecule has 92 valence electrons. The zero-order valence-electron chi connectivity index (χ0n) is 10.1. The molecule has 1 rings (SSSR count). The van der Waals surface area contributed by atoms with Crippen molar-refractivity contribution >= 4 is 11.9 Å². The van der Waals surface area contributed by atoms with E-state index >= 15 is 0 Å². The van der Waals surface area contributed by atoms with E-state index in [4.69, 9.17) is 9.47 Å². The summed E-state index contributed by atoms with van der Waals surface area (Å²) < 4.78 is 10.0. The molecule has 0 aromatic rings. The fourth-order valence-electron chi connectivity index (χ4n) is 1.66. The van der Waals surface area contributed by atoms with Crippen molar-refractivity contribution in [1.82, 2.24) is 0 Å². The summed E-state index contributed by atoms with van der Waals surface area (Å²) in [6, 6.07) is 0. The van der Waals surface area contributed by atoms with Crippen LogP contribution in [0.4, 0.5) is 0 Å². The van der Waals surface area contributed by atoms with E-state index in [1.807, 2.05) is 6.08 Å². The molecule has 0 saturated carbocycles. The molecule has 17 heavy (non-hydrogen) atoms. The smallest absolute Gasteiger partial charge is 0.384 e. The molecular weight excluding hydrogens is 220 g/mol. The van der Waals surface area contributed by atoms with Crippen LogP contribution in [0.25, 0.3) is 0 Å². The second kappa shape index (κ2) is 6.74. The van der Waals surface area contributed by atoms with E-state index in [1.165, 1.54) is 0 Å². The molecular formula is C13H16O4. The summed E-state index contributed by atoms with van der Waals surface area (Å²) in [6.45, 7) is 3.70. The third-order valence-electron chi connectivity index (χ3n) is 2.39. The molecule has 0 radical (unpaired) electrons. The lowest BCUT2D eigenvalue weighted by molar-refractivity contribution is -0.151. The molecule has 0 fully saturated rings.